The first-order valence-corrected chi connectivity index (χ1v) is 14.0. The van der Waals surface area contributed by atoms with E-state index in [0.29, 0.717) is 5.56 Å². The number of hydrogen-bond donors (Lipinski definition) is 2. The number of sulfonamides is 1. The van der Waals surface area contributed by atoms with Gasteiger partial charge in [-0.15, -0.1) is 0 Å². The molecule has 0 radical (unpaired) electrons. The Balaban J connectivity index is 1.50. The quantitative estimate of drug-likeness (QED) is 0.275. The molecular weight excluding hydrogens is 542 g/mol. The fraction of sp³-hybridized carbons (Fsp3) is 0.290. The van der Waals surface area contributed by atoms with Crippen molar-refractivity contribution in [3.63, 3.8) is 0 Å². The molecule has 3 aromatic carbocycles. The van der Waals surface area contributed by atoms with Crippen LogP contribution in [0.4, 0.5) is 10.5 Å². The summed E-state index contributed by atoms with van der Waals surface area (Å²) < 4.78 is 114. The summed E-state index contributed by atoms with van der Waals surface area (Å²) in [7, 11) is -3.04. The van der Waals surface area contributed by atoms with Gasteiger partial charge in [0.05, 0.1) is 12.0 Å². The fourth-order valence-electron chi connectivity index (χ4n) is 4.40. The first-order chi connectivity index (χ1) is 23.1. The molecular formula is C31H33N3O6S. The van der Waals surface area contributed by atoms with Gasteiger partial charge in [-0.2, -0.15) is 0 Å². The molecule has 0 bridgehead atoms. The second-order valence-electron chi connectivity index (χ2n) is 9.20. The average molecular weight is 585 g/mol. The zero-order valence-electron chi connectivity index (χ0n) is 31.1. The highest BCUT2D eigenvalue weighted by Gasteiger charge is 2.22. The number of ether oxygens (including phenoxy) is 2. The third-order valence-corrected chi connectivity index (χ3v) is 7.89. The van der Waals surface area contributed by atoms with Crippen molar-refractivity contribution in [3.05, 3.63) is 89.1 Å². The number of carbonyl (C=O) groups excluding carboxylic acids is 2. The number of aromatic nitrogens is 1. The minimum absolute atomic E-state index is 0.0239. The van der Waals surface area contributed by atoms with Crippen LogP contribution in [0.5, 0.6) is 5.75 Å². The molecule has 1 aliphatic rings. The molecule has 0 aliphatic heterocycles. The predicted octanol–water partition coefficient (Wildman–Crippen LogP) is 5.70. The van der Waals surface area contributed by atoms with Gasteiger partial charge in [0.25, 0.3) is 15.9 Å². The van der Waals surface area contributed by atoms with Crippen LogP contribution in [0.3, 0.4) is 0 Å². The molecule has 1 aromatic heterocycles. The molecule has 0 saturated heterocycles. The predicted molar refractivity (Wildman–Crippen MR) is 157 cm³/mol. The van der Waals surface area contributed by atoms with E-state index >= 15 is 0 Å². The van der Waals surface area contributed by atoms with Crippen LogP contribution >= 0.6 is 0 Å². The molecule has 1 aliphatic carbocycles. The van der Waals surface area contributed by atoms with Crippen molar-refractivity contribution in [2.75, 3.05) is 12.4 Å². The Morgan fingerprint density at radius 2 is 1.88 bits per heavy atom. The maximum Gasteiger partial charge on any atom is 0.411 e. The van der Waals surface area contributed by atoms with Gasteiger partial charge in [0, 0.05) is 54.0 Å². The van der Waals surface area contributed by atoms with Crippen LogP contribution in [0.25, 0.3) is 10.9 Å². The summed E-state index contributed by atoms with van der Waals surface area (Å²) in [5.74, 6) is -1.15. The molecule has 10 heteroatoms. The molecule has 1 heterocycles. The number of hydrogen-bond acceptors (Lipinski definition) is 6. The maximum atomic E-state index is 13.0. The standard InChI is InChI=1S/C31H33N3O6S/c1-20-8-4-7-11-29(20)41(37,38)33-30(35)22-13-12-21(28(17-22)39-3)16-23-19-34(2)27-15-14-24(18-26(23)27)32-31(36)40-25-9-5-6-10-25/h4,7-8,11-15,17-19,25H,5-6,9-10,16H2,1-3H3,(H,32,36)(H,33,35)/i2D3,9D2,10D2,16D2. The molecule has 0 atom stereocenters. The smallest absolute Gasteiger partial charge is 0.411 e. The van der Waals surface area contributed by atoms with Crippen LogP contribution in [-0.2, 0) is 28.1 Å². The van der Waals surface area contributed by atoms with E-state index in [1.807, 2.05) is 4.72 Å². The van der Waals surface area contributed by atoms with Crippen molar-refractivity contribution in [2.24, 2.45) is 6.98 Å². The Kier molecular flexibility index (Phi) is 5.38. The molecule has 9 nitrogen and oxygen atoms in total. The number of amides is 2. The van der Waals surface area contributed by atoms with Gasteiger partial charge in [0.15, 0.2) is 0 Å². The third kappa shape index (κ3) is 6.22. The van der Waals surface area contributed by atoms with Crippen LogP contribution in [0.2, 0.25) is 0 Å². The zero-order chi connectivity index (χ0) is 37.0. The number of carbonyl (C=O) groups is 2. The Labute approximate surface area is 252 Å². The number of benzene rings is 3. The van der Waals surface area contributed by atoms with Crippen LogP contribution in [-0.4, -0.2) is 38.2 Å². The van der Waals surface area contributed by atoms with E-state index in [2.05, 4.69) is 5.32 Å². The third-order valence-electron chi connectivity index (χ3n) is 6.40. The number of anilines is 1. The lowest BCUT2D eigenvalue weighted by Gasteiger charge is -2.13. The van der Waals surface area contributed by atoms with Gasteiger partial charge >= 0.3 is 6.09 Å². The first kappa shape index (κ1) is 18.9. The number of nitrogens with zero attached hydrogens (tertiary/aromatic N) is 1. The molecule has 1 saturated carbocycles. The Bertz CT molecular complexity index is 2080. The minimum Gasteiger partial charge on any atom is -0.496 e. The molecule has 5 rings (SSSR count). The normalized spacial score (nSPS) is 20.1. The van der Waals surface area contributed by atoms with E-state index in [9.17, 15) is 18.0 Å². The molecule has 214 valence electrons. The highest BCUT2D eigenvalue weighted by atomic mass is 32.2. The Hall–Kier alpha value is -4.31. The summed E-state index contributed by atoms with van der Waals surface area (Å²) in [4.78, 5) is 25.7. The Morgan fingerprint density at radius 3 is 2.61 bits per heavy atom. The summed E-state index contributed by atoms with van der Waals surface area (Å²) in [6.45, 7) is -1.18. The summed E-state index contributed by atoms with van der Waals surface area (Å²) in [5.41, 5.74) is 0.0516. The second-order valence-corrected chi connectivity index (χ2v) is 10.9. The fourth-order valence-corrected chi connectivity index (χ4v) is 5.62. The number of rotatable bonds is 8. The van der Waals surface area contributed by atoms with Crippen molar-refractivity contribution >= 4 is 38.6 Å². The number of fused-ring (bicyclic) bond motifs is 1. The average Bonchev–Trinajstić information content (AvgIpc) is 3.51. The van der Waals surface area contributed by atoms with E-state index < -0.39 is 54.2 Å². The monoisotopic (exact) mass is 584 g/mol. The van der Waals surface area contributed by atoms with Crippen LogP contribution < -0.4 is 14.8 Å². The lowest BCUT2D eigenvalue weighted by atomic mass is 10.0. The number of nitrogens with one attached hydrogen (secondary N) is 2. The van der Waals surface area contributed by atoms with Crippen molar-refractivity contribution in [1.82, 2.24) is 9.29 Å². The summed E-state index contributed by atoms with van der Waals surface area (Å²) in [6, 6.07) is 13.6. The van der Waals surface area contributed by atoms with Crippen molar-refractivity contribution in [2.45, 2.75) is 49.9 Å². The van der Waals surface area contributed by atoms with Crippen molar-refractivity contribution in [3.8, 4) is 5.75 Å². The van der Waals surface area contributed by atoms with Crippen LogP contribution in [0.1, 0.15) is 65.0 Å². The molecule has 4 aromatic rings. The second kappa shape index (κ2) is 11.7. The largest absolute Gasteiger partial charge is 0.496 e. The van der Waals surface area contributed by atoms with Gasteiger partial charge in [0.2, 0.25) is 0 Å². The molecule has 0 spiro atoms. The van der Waals surface area contributed by atoms with E-state index in [-0.39, 0.29) is 56.8 Å². The molecule has 41 heavy (non-hydrogen) atoms. The highest BCUT2D eigenvalue weighted by Crippen LogP contribution is 2.30. The van der Waals surface area contributed by atoms with Gasteiger partial charge in [-0.05, 0) is 85.6 Å². The van der Waals surface area contributed by atoms with E-state index in [0.717, 1.165) is 16.8 Å². The first-order valence-electron chi connectivity index (χ1n) is 17.0. The number of aryl methyl sites for hydroxylation is 2. The van der Waals surface area contributed by atoms with Gasteiger partial charge < -0.3 is 14.0 Å². The van der Waals surface area contributed by atoms with E-state index in [4.69, 9.17) is 21.8 Å². The van der Waals surface area contributed by atoms with Crippen LogP contribution in [0, 0.1) is 6.92 Å². The van der Waals surface area contributed by atoms with Gasteiger partial charge in [0.1, 0.15) is 11.9 Å². The van der Waals surface area contributed by atoms with E-state index in [1.165, 1.54) is 49.6 Å². The van der Waals surface area contributed by atoms with Crippen molar-refractivity contribution < 1.29 is 39.8 Å². The van der Waals surface area contributed by atoms with Gasteiger partial charge in [-0.1, -0.05) is 24.3 Å². The summed E-state index contributed by atoms with van der Waals surface area (Å²) in [5, 5.41) is 2.45. The Morgan fingerprint density at radius 1 is 1.10 bits per heavy atom. The molecule has 1 fully saturated rings. The number of methoxy groups -OCH3 is 1. The molecule has 2 amide bonds. The lowest BCUT2D eigenvalue weighted by molar-refractivity contribution is 0.0980. The summed E-state index contributed by atoms with van der Waals surface area (Å²) >= 11 is 0. The summed E-state index contributed by atoms with van der Waals surface area (Å²) in [6.07, 6.45) is -8.75. The van der Waals surface area contributed by atoms with Crippen molar-refractivity contribution in [1.29, 1.82) is 0 Å². The maximum absolute atomic E-state index is 13.0. The van der Waals surface area contributed by atoms with E-state index in [1.54, 1.807) is 19.1 Å². The molecule has 2 N–H and O–H groups in total. The highest BCUT2D eigenvalue weighted by molar-refractivity contribution is 7.90. The lowest BCUT2D eigenvalue weighted by Crippen LogP contribution is -2.31. The molecule has 0 unspecified atom stereocenters. The van der Waals surface area contributed by atoms with Gasteiger partial charge in [-0.3, -0.25) is 10.1 Å². The zero-order valence-corrected chi connectivity index (χ0v) is 23.0. The van der Waals surface area contributed by atoms with Gasteiger partial charge in [-0.25, -0.2) is 17.9 Å². The topological polar surface area (TPSA) is 116 Å². The minimum atomic E-state index is -4.25. The van der Waals surface area contributed by atoms with Crippen LogP contribution in [0.15, 0.2) is 71.8 Å². The SMILES string of the molecule is [2H]C([2H])(c1ccc(C(=O)NS(=O)(=O)c2ccccc2C)cc1OC)c1cn(C([2H])([2H])[2H])c2ccc(NC(=O)OC3C([2H])([2H])CCC3([2H])[2H])cc12.